The molecule has 1 aromatic heterocycles. The van der Waals surface area contributed by atoms with Gasteiger partial charge < -0.3 is 0 Å². The van der Waals surface area contributed by atoms with Crippen LogP contribution in [-0.4, -0.2) is 9.91 Å². The van der Waals surface area contributed by atoms with E-state index in [1.165, 1.54) is 6.92 Å². The fourth-order valence-electron chi connectivity index (χ4n) is 1.24. The molecule has 0 atom stereocenters. The summed E-state index contributed by atoms with van der Waals surface area (Å²) in [6.45, 7) is 1.33. The minimum Gasteiger partial charge on any atom is -0.258 e. The molecule has 16 heavy (non-hydrogen) atoms. The lowest BCUT2D eigenvalue weighted by molar-refractivity contribution is -0.386. The maximum Gasteiger partial charge on any atom is 0.292 e. The Balaban J connectivity index is 3.38. The molecule has 0 aliphatic heterocycles. The highest BCUT2D eigenvalue weighted by Gasteiger charge is 2.22. The van der Waals surface area contributed by atoms with Crippen LogP contribution in [-0.2, 0) is 6.42 Å². The number of rotatable bonds is 3. The van der Waals surface area contributed by atoms with Gasteiger partial charge in [-0.25, -0.2) is 13.8 Å². The third-order valence-corrected chi connectivity index (χ3v) is 1.99. The third kappa shape index (κ3) is 2.28. The van der Waals surface area contributed by atoms with Crippen molar-refractivity contribution in [2.24, 2.45) is 0 Å². The lowest BCUT2D eigenvalue weighted by Gasteiger charge is -2.06. The van der Waals surface area contributed by atoms with Gasteiger partial charge in [-0.3, -0.25) is 10.1 Å². The average molecular weight is 227 g/mol. The molecule has 0 aliphatic carbocycles. The van der Waals surface area contributed by atoms with Gasteiger partial charge in [-0.2, -0.15) is 5.26 Å². The van der Waals surface area contributed by atoms with Gasteiger partial charge in [0.05, 0.1) is 17.4 Å². The predicted molar refractivity (Wildman–Crippen MR) is 49.9 cm³/mol. The molecule has 0 radical (unpaired) electrons. The summed E-state index contributed by atoms with van der Waals surface area (Å²) in [7, 11) is 0. The van der Waals surface area contributed by atoms with Crippen molar-refractivity contribution in [3.63, 3.8) is 0 Å². The van der Waals surface area contributed by atoms with Crippen LogP contribution >= 0.6 is 0 Å². The third-order valence-electron chi connectivity index (χ3n) is 1.99. The van der Waals surface area contributed by atoms with E-state index in [4.69, 9.17) is 5.26 Å². The number of nitriles is 1. The fourth-order valence-corrected chi connectivity index (χ4v) is 1.24. The van der Waals surface area contributed by atoms with Crippen LogP contribution in [0.4, 0.5) is 14.5 Å². The molecule has 0 aromatic carbocycles. The van der Waals surface area contributed by atoms with E-state index < -0.39 is 22.6 Å². The Labute approximate surface area is 89.5 Å². The smallest absolute Gasteiger partial charge is 0.258 e. The number of aromatic nitrogens is 1. The predicted octanol–water partition coefficient (Wildman–Crippen LogP) is 2.30. The number of hydrogen-bond donors (Lipinski definition) is 0. The van der Waals surface area contributed by atoms with Crippen molar-refractivity contribution in [3.05, 3.63) is 33.1 Å². The Morgan fingerprint density at radius 1 is 1.69 bits per heavy atom. The molecule has 0 fully saturated rings. The lowest BCUT2D eigenvalue weighted by Crippen LogP contribution is -2.03. The molecule has 0 amide bonds. The monoisotopic (exact) mass is 227 g/mol. The topological polar surface area (TPSA) is 79.8 Å². The van der Waals surface area contributed by atoms with E-state index in [2.05, 4.69) is 4.98 Å². The molecule has 1 aromatic rings. The largest absolute Gasteiger partial charge is 0.292 e. The van der Waals surface area contributed by atoms with Crippen LogP contribution in [0.25, 0.3) is 0 Å². The standard InChI is InChI=1S/C9H7F2N3O2/c1-5-6(9(10)11)4-8(14(15)16)7(13-5)2-3-12/h4,9H,2H2,1H3. The minimum atomic E-state index is -2.82. The average Bonchev–Trinajstić information content (AvgIpc) is 2.17. The van der Waals surface area contributed by atoms with Gasteiger partial charge in [0.2, 0.25) is 0 Å². The minimum absolute atomic E-state index is 0.00542. The first-order valence-electron chi connectivity index (χ1n) is 4.27. The van der Waals surface area contributed by atoms with Crippen molar-refractivity contribution in [1.29, 1.82) is 5.26 Å². The van der Waals surface area contributed by atoms with E-state index in [9.17, 15) is 18.9 Å². The molecule has 1 rings (SSSR count). The molecule has 7 heteroatoms. The number of aryl methyl sites for hydroxylation is 1. The van der Waals surface area contributed by atoms with Gasteiger partial charge in [0, 0.05) is 17.3 Å². The SMILES string of the molecule is Cc1nc(CC#N)c([N+](=O)[O-])cc1C(F)F. The second-order valence-electron chi connectivity index (χ2n) is 3.02. The Morgan fingerprint density at radius 3 is 2.75 bits per heavy atom. The maximum absolute atomic E-state index is 12.5. The highest BCUT2D eigenvalue weighted by molar-refractivity contribution is 5.42. The van der Waals surface area contributed by atoms with Crippen molar-refractivity contribution in [1.82, 2.24) is 4.98 Å². The van der Waals surface area contributed by atoms with Crippen molar-refractivity contribution >= 4 is 5.69 Å². The number of halogens is 2. The highest BCUT2D eigenvalue weighted by atomic mass is 19.3. The Bertz CT molecular complexity index is 469. The zero-order valence-electron chi connectivity index (χ0n) is 8.28. The molecule has 1 heterocycles. The van der Waals surface area contributed by atoms with Crippen LogP contribution in [0.3, 0.4) is 0 Å². The molecular weight excluding hydrogens is 220 g/mol. The Kier molecular flexibility index (Phi) is 3.45. The first kappa shape index (κ1) is 12.0. The second-order valence-corrected chi connectivity index (χ2v) is 3.02. The summed E-state index contributed by atoms with van der Waals surface area (Å²) < 4.78 is 24.9. The van der Waals surface area contributed by atoms with E-state index in [0.717, 1.165) is 6.07 Å². The zero-order valence-corrected chi connectivity index (χ0v) is 8.28. The van der Waals surface area contributed by atoms with Crippen molar-refractivity contribution in [3.8, 4) is 6.07 Å². The van der Waals surface area contributed by atoms with E-state index in [-0.39, 0.29) is 17.8 Å². The lowest BCUT2D eigenvalue weighted by atomic mass is 10.1. The second kappa shape index (κ2) is 4.61. The molecule has 84 valence electrons. The van der Waals surface area contributed by atoms with Gasteiger partial charge >= 0.3 is 0 Å². The molecule has 0 aliphatic rings. The molecule has 0 N–H and O–H groups in total. The summed E-state index contributed by atoms with van der Waals surface area (Å²) in [5.74, 6) is 0. The summed E-state index contributed by atoms with van der Waals surface area (Å²) in [6.07, 6.45) is -3.09. The van der Waals surface area contributed by atoms with Crippen LogP contribution in [0.15, 0.2) is 6.07 Å². The molecule has 0 bridgehead atoms. The molecule has 0 saturated carbocycles. The van der Waals surface area contributed by atoms with Crippen molar-refractivity contribution in [2.45, 2.75) is 19.8 Å². The highest BCUT2D eigenvalue weighted by Crippen LogP contribution is 2.27. The van der Waals surface area contributed by atoms with E-state index in [0.29, 0.717) is 0 Å². The number of pyridine rings is 1. The van der Waals surface area contributed by atoms with E-state index in [1.807, 2.05) is 0 Å². The maximum atomic E-state index is 12.5. The Morgan fingerprint density at radius 2 is 2.31 bits per heavy atom. The zero-order chi connectivity index (χ0) is 12.3. The molecule has 0 saturated heterocycles. The summed E-state index contributed by atoms with van der Waals surface area (Å²) in [5.41, 5.74) is -1.10. The summed E-state index contributed by atoms with van der Waals surface area (Å²) in [4.78, 5) is 13.4. The summed E-state index contributed by atoms with van der Waals surface area (Å²) in [5, 5.41) is 19.0. The Hall–Kier alpha value is -2.10. The summed E-state index contributed by atoms with van der Waals surface area (Å²) in [6, 6.07) is 2.48. The summed E-state index contributed by atoms with van der Waals surface area (Å²) >= 11 is 0. The number of nitro groups is 1. The van der Waals surface area contributed by atoms with Gasteiger partial charge in [0.1, 0.15) is 5.69 Å². The first-order chi connectivity index (χ1) is 7.47. The van der Waals surface area contributed by atoms with Crippen LogP contribution < -0.4 is 0 Å². The van der Waals surface area contributed by atoms with Gasteiger partial charge in [-0.05, 0) is 6.92 Å². The number of hydrogen-bond acceptors (Lipinski definition) is 4. The van der Waals surface area contributed by atoms with Gasteiger partial charge in [-0.1, -0.05) is 0 Å². The van der Waals surface area contributed by atoms with Gasteiger partial charge in [0.25, 0.3) is 12.1 Å². The molecule has 0 spiro atoms. The van der Waals surface area contributed by atoms with Gasteiger partial charge in [-0.15, -0.1) is 0 Å². The van der Waals surface area contributed by atoms with Crippen LogP contribution in [0.1, 0.15) is 23.4 Å². The number of nitrogens with zero attached hydrogens (tertiary/aromatic N) is 3. The fraction of sp³-hybridized carbons (Fsp3) is 0.333. The van der Waals surface area contributed by atoms with E-state index in [1.54, 1.807) is 6.07 Å². The molecule has 0 unspecified atom stereocenters. The van der Waals surface area contributed by atoms with E-state index >= 15 is 0 Å². The first-order valence-corrected chi connectivity index (χ1v) is 4.27. The van der Waals surface area contributed by atoms with Crippen molar-refractivity contribution in [2.75, 3.05) is 0 Å². The van der Waals surface area contributed by atoms with Crippen LogP contribution in [0.5, 0.6) is 0 Å². The quantitative estimate of drug-likeness (QED) is 0.586. The van der Waals surface area contributed by atoms with Crippen LogP contribution in [0.2, 0.25) is 0 Å². The molecule has 5 nitrogen and oxygen atoms in total. The van der Waals surface area contributed by atoms with Gasteiger partial charge in [0.15, 0.2) is 0 Å². The van der Waals surface area contributed by atoms with Crippen LogP contribution in [0, 0.1) is 28.4 Å². The van der Waals surface area contributed by atoms with Crippen molar-refractivity contribution < 1.29 is 13.7 Å². The molecular formula is C9H7F2N3O2. The normalized spacial score (nSPS) is 10.2. The number of alkyl halides is 2.